The summed E-state index contributed by atoms with van der Waals surface area (Å²) in [5.41, 5.74) is 5.89. The normalized spacial score (nSPS) is 9.69. The Morgan fingerprint density at radius 1 is 1.50 bits per heavy atom. The molecule has 5 nitrogen and oxygen atoms in total. The lowest BCUT2D eigenvalue weighted by atomic mass is 10.2. The average Bonchev–Trinajstić information content (AvgIpc) is 2.15. The summed E-state index contributed by atoms with van der Waals surface area (Å²) >= 11 is 0. The number of benzene rings is 1. The van der Waals surface area contributed by atoms with Crippen molar-refractivity contribution in [3.8, 4) is 5.75 Å². The van der Waals surface area contributed by atoms with Gasteiger partial charge in [-0.1, -0.05) is 13.8 Å². The first-order valence-electron chi connectivity index (χ1n) is 4.67. The van der Waals surface area contributed by atoms with Crippen molar-refractivity contribution < 1.29 is 9.66 Å². The molecule has 0 unspecified atom stereocenters. The molecule has 0 aliphatic rings. The van der Waals surface area contributed by atoms with E-state index in [0.29, 0.717) is 24.0 Å². The molecule has 0 saturated heterocycles. The molecule has 0 bridgehead atoms. The third-order valence-electron chi connectivity index (χ3n) is 1.78. The number of hydrogen-bond donors (Lipinski definition) is 1. The molecule has 16 heavy (non-hydrogen) atoms. The van der Waals surface area contributed by atoms with E-state index < -0.39 is 4.92 Å². The van der Waals surface area contributed by atoms with Crippen LogP contribution in [0.3, 0.4) is 0 Å². The molecule has 0 radical (unpaired) electrons. The highest BCUT2D eigenvalue weighted by Gasteiger charge is 2.09. The second-order valence-corrected chi connectivity index (χ2v) is 3.68. The molecular weight excluding hydrogens is 232 g/mol. The van der Waals surface area contributed by atoms with E-state index in [9.17, 15) is 10.1 Å². The molecule has 90 valence electrons. The summed E-state index contributed by atoms with van der Waals surface area (Å²) in [6, 6.07) is 4.21. The Morgan fingerprint density at radius 3 is 2.56 bits per heavy atom. The Morgan fingerprint density at radius 2 is 2.12 bits per heavy atom. The standard InChI is InChI=1S/C10H14N2O3.ClH/c1-7(2)6-15-10-4-3-8(12(13)14)5-9(10)11;/h3-5,7H,6,11H2,1-2H3;1H. The van der Waals surface area contributed by atoms with Crippen LogP contribution in [-0.2, 0) is 0 Å². The van der Waals surface area contributed by atoms with Gasteiger partial charge < -0.3 is 10.5 Å². The number of hydrogen-bond acceptors (Lipinski definition) is 4. The summed E-state index contributed by atoms with van der Waals surface area (Å²) in [6.07, 6.45) is 0. The summed E-state index contributed by atoms with van der Waals surface area (Å²) in [5, 5.41) is 10.4. The highest BCUT2D eigenvalue weighted by Crippen LogP contribution is 2.26. The van der Waals surface area contributed by atoms with Gasteiger partial charge in [-0.05, 0) is 12.0 Å². The van der Waals surface area contributed by atoms with E-state index in [1.165, 1.54) is 18.2 Å². The fourth-order valence-electron chi connectivity index (χ4n) is 1.04. The first-order valence-corrected chi connectivity index (χ1v) is 4.67. The van der Waals surface area contributed by atoms with E-state index >= 15 is 0 Å². The van der Waals surface area contributed by atoms with Crippen LogP contribution in [0.1, 0.15) is 13.8 Å². The molecule has 0 saturated carbocycles. The minimum atomic E-state index is -0.484. The summed E-state index contributed by atoms with van der Waals surface area (Å²) in [5.74, 6) is 0.883. The van der Waals surface area contributed by atoms with Crippen molar-refractivity contribution in [2.45, 2.75) is 13.8 Å². The largest absolute Gasteiger partial charge is 0.491 e. The van der Waals surface area contributed by atoms with Crippen LogP contribution in [0.25, 0.3) is 0 Å². The quantitative estimate of drug-likeness (QED) is 0.503. The molecule has 0 fully saturated rings. The lowest BCUT2D eigenvalue weighted by Gasteiger charge is -2.10. The van der Waals surface area contributed by atoms with Gasteiger partial charge in [0.05, 0.1) is 17.2 Å². The Bertz CT molecular complexity index is 369. The van der Waals surface area contributed by atoms with E-state index in [1.54, 1.807) is 0 Å². The summed E-state index contributed by atoms with van der Waals surface area (Å²) in [4.78, 5) is 9.96. The molecule has 0 atom stereocenters. The summed E-state index contributed by atoms with van der Waals surface area (Å²) < 4.78 is 5.39. The van der Waals surface area contributed by atoms with Crippen molar-refractivity contribution in [2.24, 2.45) is 5.92 Å². The number of anilines is 1. The maximum absolute atomic E-state index is 10.4. The molecule has 2 N–H and O–H groups in total. The number of nitro groups is 1. The topological polar surface area (TPSA) is 78.4 Å². The van der Waals surface area contributed by atoms with Gasteiger partial charge in [0, 0.05) is 12.1 Å². The molecule has 6 heteroatoms. The van der Waals surface area contributed by atoms with E-state index in [2.05, 4.69) is 0 Å². The van der Waals surface area contributed by atoms with Crippen LogP contribution >= 0.6 is 12.4 Å². The molecule has 0 heterocycles. The molecule has 1 rings (SSSR count). The molecule has 0 aromatic heterocycles. The minimum absolute atomic E-state index is 0. The van der Waals surface area contributed by atoms with Crippen molar-refractivity contribution in [3.63, 3.8) is 0 Å². The zero-order chi connectivity index (χ0) is 11.4. The molecular formula is C10H15ClN2O3. The van der Waals surface area contributed by atoms with E-state index in [1.807, 2.05) is 13.8 Å². The number of nitro benzene ring substituents is 1. The van der Waals surface area contributed by atoms with Gasteiger partial charge in [-0.3, -0.25) is 10.1 Å². The number of nitrogens with zero attached hydrogens (tertiary/aromatic N) is 1. The minimum Gasteiger partial charge on any atom is -0.491 e. The second kappa shape index (κ2) is 6.17. The summed E-state index contributed by atoms with van der Waals surface area (Å²) in [7, 11) is 0. The first-order chi connectivity index (χ1) is 7.00. The van der Waals surface area contributed by atoms with Gasteiger partial charge in [-0.2, -0.15) is 0 Å². The average molecular weight is 247 g/mol. The predicted molar refractivity (Wildman–Crippen MR) is 65.1 cm³/mol. The number of halogens is 1. The van der Waals surface area contributed by atoms with Crippen molar-refractivity contribution >= 4 is 23.8 Å². The molecule has 0 amide bonds. The van der Waals surface area contributed by atoms with Gasteiger partial charge >= 0.3 is 0 Å². The highest BCUT2D eigenvalue weighted by atomic mass is 35.5. The van der Waals surface area contributed by atoms with Crippen LogP contribution in [-0.4, -0.2) is 11.5 Å². The maximum atomic E-state index is 10.4. The van der Waals surface area contributed by atoms with Crippen molar-refractivity contribution in [3.05, 3.63) is 28.3 Å². The first kappa shape index (κ1) is 14.5. The Labute approximate surface area is 100 Å². The number of ether oxygens (including phenoxy) is 1. The van der Waals surface area contributed by atoms with E-state index in [4.69, 9.17) is 10.5 Å². The molecule has 0 aliphatic heterocycles. The highest BCUT2D eigenvalue weighted by molar-refractivity contribution is 5.85. The Balaban J connectivity index is 0.00000225. The predicted octanol–water partition coefficient (Wildman–Crippen LogP) is 2.63. The Kier molecular flexibility index (Phi) is 5.60. The van der Waals surface area contributed by atoms with Crippen LogP contribution in [0.15, 0.2) is 18.2 Å². The van der Waals surface area contributed by atoms with Gasteiger partial charge in [-0.15, -0.1) is 12.4 Å². The zero-order valence-corrected chi connectivity index (χ0v) is 9.99. The van der Waals surface area contributed by atoms with Crippen molar-refractivity contribution in [1.29, 1.82) is 0 Å². The van der Waals surface area contributed by atoms with Crippen molar-refractivity contribution in [2.75, 3.05) is 12.3 Å². The molecule has 0 spiro atoms. The van der Waals surface area contributed by atoms with Gasteiger partial charge in [0.15, 0.2) is 0 Å². The smallest absolute Gasteiger partial charge is 0.271 e. The van der Waals surface area contributed by atoms with Gasteiger partial charge in [-0.25, -0.2) is 0 Å². The van der Waals surface area contributed by atoms with Gasteiger partial charge in [0.2, 0.25) is 0 Å². The fourth-order valence-corrected chi connectivity index (χ4v) is 1.04. The number of nitrogen functional groups attached to an aromatic ring is 1. The lowest BCUT2D eigenvalue weighted by Crippen LogP contribution is -2.06. The van der Waals surface area contributed by atoms with Gasteiger partial charge in [0.25, 0.3) is 5.69 Å². The van der Waals surface area contributed by atoms with E-state index in [0.717, 1.165) is 0 Å². The summed E-state index contributed by atoms with van der Waals surface area (Å²) in [6.45, 7) is 4.57. The van der Waals surface area contributed by atoms with Crippen molar-refractivity contribution in [1.82, 2.24) is 0 Å². The molecule has 1 aromatic rings. The fraction of sp³-hybridized carbons (Fsp3) is 0.400. The zero-order valence-electron chi connectivity index (χ0n) is 9.17. The SMILES string of the molecule is CC(C)COc1ccc([N+](=O)[O-])cc1N.Cl. The van der Waals surface area contributed by atoms with Crippen LogP contribution < -0.4 is 10.5 Å². The van der Waals surface area contributed by atoms with Crippen LogP contribution in [0, 0.1) is 16.0 Å². The monoisotopic (exact) mass is 246 g/mol. The molecule has 1 aromatic carbocycles. The second-order valence-electron chi connectivity index (χ2n) is 3.68. The third kappa shape index (κ3) is 3.94. The number of non-ortho nitro benzene ring substituents is 1. The van der Waals surface area contributed by atoms with Crippen LogP contribution in [0.2, 0.25) is 0 Å². The lowest BCUT2D eigenvalue weighted by molar-refractivity contribution is -0.384. The van der Waals surface area contributed by atoms with Crippen LogP contribution in [0.5, 0.6) is 5.75 Å². The third-order valence-corrected chi connectivity index (χ3v) is 1.78. The number of nitrogens with two attached hydrogens (primary N) is 1. The van der Waals surface area contributed by atoms with Crippen LogP contribution in [0.4, 0.5) is 11.4 Å². The number of rotatable bonds is 4. The molecule has 0 aliphatic carbocycles. The van der Waals surface area contributed by atoms with E-state index in [-0.39, 0.29) is 18.1 Å². The maximum Gasteiger partial charge on any atom is 0.271 e. The van der Waals surface area contributed by atoms with Gasteiger partial charge in [0.1, 0.15) is 5.75 Å². The Hall–Kier alpha value is -1.49.